The summed E-state index contributed by atoms with van der Waals surface area (Å²) in [6, 6.07) is 7.62. The monoisotopic (exact) mass is 222 g/mol. The van der Waals surface area contributed by atoms with Gasteiger partial charge in [-0.05, 0) is 24.3 Å². The number of rotatable bonds is 2. The Morgan fingerprint density at radius 3 is 2.08 bits per heavy atom. The summed E-state index contributed by atoms with van der Waals surface area (Å²) in [7, 11) is 0. The average Bonchev–Trinajstić information content (AvgIpc) is 2.13. The van der Waals surface area contributed by atoms with Crippen LogP contribution >= 0.6 is 35.0 Å². The minimum atomic E-state index is 0.585. The highest BCUT2D eigenvalue weighted by molar-refractivity contribution is 8.00. The van der Waals surface area contributed by atoms with Crippen LogP contribution in [0.25, 0.3) is 0 Å². The highest BCUT2D eigenvalue weighted by atomic mass is 35.5. The molecular formula is C9H12Cl2S. The first kappa shape index (κ1) is 12.2. The van der Waals surface area contributed by atoms with Gasteiger partial charge >= 0.3 is 0 Å². The lowest BCUT2D eigenvalue weighted by Crippen LogP contribution is -1.69. The highest BCUT2D eigenvalue weighted by Crippen LogP contribution is 2.20. The molecule has 0 spiro atoms. The van der Waals surface area contributed by atoms with E-state index < -0.39 is 0 Å². The van der Waals surface area contributed by atoms with Crippen molar-refractivity contribution in [3.63, 3.8) is 0 Å². The van der Waals surface area contributed by atoms with Gasteiger partial charge in [0.1, 0.15) is 0 Å². The summed E-state index contributed by atoms with van der Waals surface area (Å²) >= 11 is 12.8. The van der Waals surface area contributed by atoms with Crippen LogP contribution in [0.4, 0.5) is 0 Å². The third kappa shape index (κ3) is 4.91. The topological polar surface area (TPSA) is 0 Å². The van der Waals surface area contributed by atoms with Crippen molar-refractivity contribution in [2.24, 2.45) is 0 Å². The molecule has 0 fully saturated rings. The first-order chi connectivity index (χ1) is 5.83. The third-order valence-electron chi connectivity index (χ3n) is 1.03. The summed E-state index contributed by atoms with van der Waals surface area (Å²) in [5.41, 5.74) is 0. The molecule has 0 aliphatic carbocycles. The van der Waals surface area contributed by atoms with Gasteiger partial charge in [-0.3, -0.25) is 0 Å². The summed E-state index contributed by atoms with van der Waals surface area (Å²) in [4.78, 5) is 1.15. The van der Waals surface area contributed by atoms with Crippen molar-refractivity contribution >= 4 is 35.0 Å². The van der Waals surface area contributed by atoms with Gasteiger partial charge in [-0.15, -0.1) is 23.4 Å². The smallest absolute Gasteiger partial charge is 0.0727 e. The van der Waals surface area contributed by atoms with Gasteiger partial charge in [-0.25, -0.2) is 0 Å². The molecule has 0 heterocycles. The van der Waals surface area contributed by atoms with Crippen molar-refractivity contribution in [1.29, 1.82) is 0 Å². The molecule has 0 saturated heterocycles. The Morgan fingerprint density at radius 2 is 1.67 bits per heavy atom. The molecule has 0 radical (unpaired) electrons. The Balaban J connectivity index is 0.000000561. The molecule has 0 nitrogen and oxygen atoms in total. The van der Waals surface area contributed by atoms with Crippen molar-refractivity contribution in [1.82, 2.24) is 0 Å². The Bertz CT molecular complexity index is 196. The number of halogens is 2. The van der Waals surface area contributed by atoms with Crippen molar-refractivity contribution in [3.8, 4) is 0 Å². The number of hydrogen-bond donors (Lipinski definition) is 0. The minimum absolute atomic E-state index is 0.585. The fraction of sp³-hybridized carbons (Fsp3) is 0.333. The molecule has 1 aromatic carbocycles. The first-order valence-electron chi connectivity index (χ1n) is 3.77. The van der Waals surface area contributed by atoms with E-state index in [-0.39, 0.29) is 0 Å². The van der Waals surface area contributed by atoms with E-state index in [0.717, 1.165) is 9.92 Å². The van der Waals surface area contributed by atoms with Crippen LogP contribution in [0.3, 0.4) is 0 Å². The van der Waals surface area contributed by atoms with Crippen LogP contribution < -0.4 is 0 Å². The molecule has 0 aliphatic rings. The molecule has 0 saturated carbocycles. The van der Waals surface area contributed by atoms with Gasteiger partial charge in [0.05, 0.1) is 5.21 Å². The van der Waals surface area contributed by atoms with Gasteiger partial charge in [0.15, 0.2) is 0 Å². The van der Waals surface area contributed by atoms with Gasteiger partial charge in [0, 0.05) is 9.92 Å². The van der Waals surface area contributed by atoms with Gasteiger partial charge in [-0.2, -0.15) is 0 Å². The van der Waals surface area contributed by atoms with E-state index in [1.165, 1.54) is 0 Å². The molecule has 0 atom stereocenters. The molecule has 68 valence electrons. The van der Waals surface area contributed by atoms with E-state index in [4.69, 9.17) is 23.2 Å². The lowest BCUT2D eigenvalue weighted by Gasteiger charge is -1.95. The maximum atomic E-state index is 5.67. The van der Waals surface area contributed by atoms with Crippen LogP contribution in [0.5, 0.6) is 0 Å². The van der Waals surface area contributed by atoms with E-state index in [0.29, 0.717) is 5.21 Å². The van der Waals surface area contributed by atoms with E-state index in [1.54, 1.807) is 11.8 Å². The molecule has 0 amide bonds. The summed E-state index contributed by atoms with van der Waals surface area (Å²) in [6.07, 6.45) is 0. The van der Waals surface area contributed by atoms with E-state index in [1.807, 2.05) is 38.1 Å². The van der Waals surface area contributed by atoms with Gasteiger partial charge < -0.3 is 0 Å². The molecule has 1 rings (SSSR count). The second kappa shape index (κ2) is 7.78. The SMILES string of the molecule is CC.ClCSc1ccc(Cl)cc1. The number of thioether (sulfide) groups is 1. The number of hydrogen-bond acceptors (Lipinski definition) is 1. The lowest BCUT2D eigenvalue weighted by molar-refractivity contribution is 1.47. The second-order valence-electron chi connectivity index (χ2n) is 1.71. The molecule has 0 aromatic heterocycles. The maximum absolute atomic E-state index is 5.67. The molecule has 3 heteroatoms. The minimum Gasteiger partial charge on any atom is -0.114 e. The quantitative estimate of drug-likeness (QED) is 0.519. The van der Waals surface area contributed by atoms with Crippen LogP contribution in [0, 0.1) is 0 Å². The van der Waals surface area contributed by atoms with Crippen molar-refractivity contribution in [2.45, 2.75) is 18.7 Å². The average molecular weight is 223 g/mol. The zero-order valence-corrected chi connectivity index (χ0v) is 9.51. The van der Waals surface area contributed by atoms with Crippen LogP contribution in [0.15, 0.2) is 29.2 Å². The van der Waals surface area contributed by atoms with Gasteiger partial charge in [-0.1, -0.05) is 25.4 Å². The third-order valence-corrected chi connectivity index (χ3v) is 2.33. The van der Waals surface area contributed by atoms with E-state index >= 15 is 0 Å². The fourth-order valence-electron chi connectivity index (χ4n) is 0.594. The van der Waals surface area contributed by atoms with Crippen molar-refractivity contribution in [3.05, 3.63) is 29.3 Å². The zero-order chi connectivity index (χ0) is 9.40. The Labute approximate surface area is 88.3 Å². The van der Waals surface area contributed by atoms with Crippen LogP contribution in [0.1, 0.15) is 13.8 Å². The summed E-state index contributed by atoms with van der Waals surface area (Å²) < 4.78 is 0. The molecule has 12 heavy (non-hydrogen) atoms. The highest BCUT2D eigenvalue weighted by Gasteiger charge is 1.90. The Hall–Kier alpha value is 0.150. The summed E-state index contributed by atoms with van der Waals surface area (Å²) in [5, 5.41) is 1.35. The van der Waals surface area contributed by atoms with Crippen molar-refractivity contribution < 1.29 is 0 Å². The van der Waals surface area contributed by atoms with Crippen LogP contribution in [-0.2, 0) is 0 Å². The lowest BCUT2D eigenvalue weighted by atomic mass is 10.4. The predicted molar refractivity (Wildman–Crippen MR) is 59.4 cm³/mol. The summed E-state index contributed by atoms with van der Waals surface area (Å²) in [6.45, 7) is 4.00. The zero-order valence-electron chi connectivity index (χ0n) is 7.18. The number of benzene rings is 1. The largest absolute Gasteiger partial charge is 0.114 e. The van der Waals surface area contributed by atoms with Gasteiger partial charge in [0.2, 0.25) is 0 Å². The maximum Gasteiger partial charge on any atom is 0.0727 e. The molecule has 0 unspecified atom stereocenters. The predicted octanol–water partition coefficient (Wildman–Crippen LogP) is 4.65. The normalized spacial score (nSPS) is 8.67. The molecule has 0 N–H and O–H groups in total. The van der Waals surface area contributed by atoms with Crippen LogP contribution in [0.2, 0.25) is 5.02 Å². The van der Waals surface area contributed by atoms with Gasteiger partial charge in [0.25, 0.3) is 0 Å². The molecule has 0 aliphatic heterocycles. The Morgan fingerprint density at radius 1 is 1.17 bits per heavy atom. The first-order valence-corrected chi connectivity index (χ1v) is 5.67. The molecule has 0 bridgehead atoms. The molecule has 1 aromatic rings. The Kier molecular flexibility index (Phi) is 7.88. The van der Waals surface area contributed by atoms with Crippen LogP contribution in [-0.4, -0.2) is 5.21 Å². The van der Waals surface area contributed by atoms with Crippen molar-refractivity contribution in [2.75, 3.05) is 5.21 Å². The number of alkyl halides is 1. The standard InChI is InChI=1S/C7H6Cl2S.C2H6/c8-5-10-7-3-1-6(9)2-4-7;1-2/h1-4H,5H2;1-2H3. The summed E-state index contributed by atoms with van der Waals surface area (Å²) in [5.74, 6) is 0. The van der Waals surface area contributed by atoms with E-state index in [9.17, 15) is 0 Å². The fourth-order valence-corrected chi connectivity index (χ4v) is 1.55. The second-order valence-corrected chi connectivity index (χ2v) is 3.78. The van der Waals surface area contributed by atoms with E-state index in [2.05, 4.69) is 0 Å². The molecular weight excluding hydrogens is 211 g/mol.